The first kappa shape index (κ1) is 20.8. The highest BCUT2D eigenvalue weighted by atomic mass is 19.2. The van der Waals surface area contributed by atoms with E-state index in [0.717, 1.165) is 32.1 Å². The number of anilines is 1. The molecule has 4 nitrogen and oxygen atoms in total. The summed E-state index contributed by atoms with van der Waals surface area (Å²) >= 11 is 0. The van der Waals surface area contributed by atoms with E-state index in [0.29, 0.717) is 0 Å². The predicted molar refractivity (Wildman–Crippen MR) is 92.9 cm³/mol. The third-order valence-electron chi connectivity index (χ3n) is 4.64. The first-order valence-electron chi connectivity index (χ1n) is 8.93. The normalized spacial score (nSPS) is 14.5. The van der Waals surface area contributed by atoms with Crippen LogP contribution >= 0.6 is 0 Å². The number of nitrogens with one attached hydrogen (secondary N) is 1. The molecule has 0 radical (unpaired) electrons. The van der Waals surface area contributed by atoms with Gasteiger partial charge in [-0.25, -0.2) is 26.7 Å². The van der Waals surface area contributed by atoms with Crippen molar-refractivity contribution in [2.24, 2.45) is 0 Å². The topological polar surface area (TPSA) is 55.4 Å². The van der Waals surface area contributed by atoms with Crippen molar-refractivity contribution in [3.05, 3.63) is 64.5 Å². The Morgan fingerprint density at radius 1 is 0.793 bits per heavy atom. The molecule has 1 amide bonds. The number of ether oxygens (including phenoxy) is 1. The van der Waals surface area contributed by atoms with Gasteiger partial charge in [0.2, 0.25) is 5.82 Å². The van der Waals surface area contributed by atoms with Gasteiger partial charge < -0.3 is 10.1 Å². The summed E-state index contributed by atoms with van der Waals surface area (Å²) in [5.74, 6) is -13.3. The SMILES string of the molecule is O=C(OC1CCCCC1)c1ccc(NC(=O)c2c(F)c(F)c(F)c(F)c2F)cc1. The van der Waals surface area contributed by atoms with Gasteiger partial charge in [-0.05, 0) is 49.9 Å². The van der Waals surface area contributed by atoms with Crippen molar-refractivity contribution in [3.63, 3.8) is 0 Å². The van der Waals surface area contributed by atoms with E-state index in [4.69, 9.17) is 4.74 Å². The largest absolute Gasteiger partial charge is 0.459 e. The third kappa shape index (κ3) is 4.38. The molecule has 0 atom stereocenters. The van der Waals surface area contributed by atoms with E-state index >= 15 is 0 Å². The number of hydrogen-bond acceptors (Lipinski definition) is 3. The molecular weight excluding hydrogens is 397 g/mol. The van der Waals surface area contributed by atoms with Crippen LogP contribution in [0.5, 0.6) is 0 Å². The standard InChI is InChI=1S/C20H16F5NO3/c21-14-13(15(22)17(24)18(25)16(14)23)19(27)26-11-8-6-10(7-9-11)20(28)29-12-4-2-1-3-5-12/h6-9,12H,1-5H2,(H,26,27). The molecule has 0 aliphatic heterocycles. The number of carbonyl (C=O) groups is 2. The number of benzene rings is 2. The van der Waals surface area contributed by atoms with E-state index < -0.39 is 46.5 Å². The van der Waals surface area contributed by atoms with E-state index in [-0.39, 0.29) is 17.4 Å². The summed E-state index contributed by atoms with van der Waals surface area (Å²) < 4.78 is 72.4. The molecule has 0 spiro atoms. The highest BCUT2D eigenvalue weighted by Gasteiger charge is 2.29. The van der Waals surface area contributed by atoms with Gasteiger partial charge in [-0.3, -0.25) is 4.79 Å². The minimum atomic E-state index is -2.35. The molecule has 29 heavy (non-hydrogen) atoms. The molecule has 3 rings (SSSR count). The van der Waals surface area contributed by atoms with Crippen LogP contribution in [0.2, 0.25) is 0 Å². The molecule has 0 unspecified atom stereocenters. The van der Waals surface area contributed by atoms with Crippen LogP contribution in [-0.2, 0) is 4.74 Å². The van der Waals surface area contributed by atoms with Crippen molar-refractivity contribution in [1.82, 2.24) is 0 Å². The fraction of sp³-hybridized carbons (Fsp3) is 0.300. The van der Waals surface area contributed by atoms with Gasteiger partial charge in [-0.15, -0.1) is 0 Å². The fourth-order valence-electron chi connectivity index (χ4n) is 3.09. The zero-order valence-corrected chi connectivity index (χ0v) is 15.0. The number of hydrogen-bond donors (Lipinski definition) is 1. The average molecular weight is 413 g/mol. The molecule has 1 N–H and O–H groups in total. The quantitative estimate of drug-likeness (QED) is 0.328. The van der Waals surface area contributed by atoms with Gasteiger partial charge in [-0.1, -0.05) is 6.42 Å². The molecular formula is C20H16F5NO3. The van der Waals surface area contributed by atoms with E-state index in [2.05, 4.69) is 0 Å². The van der Waals surface area contributed by atoms with Crippen LogP contribution in [0.1, 0.15) is 52.8 Å². The van der Waals surface area contributed by atoms with E-state index in [1.54, 1.807) is 0 Å². The van der Waals surface area contributed by atoms with Crippen molar-refractivity contribution in [3.8, 4) is 0 Å². The summed E-state index contributed by atoms with van der Waals surface area (Å²) in [6.07, 6.45) is 4.51. The molecule has 0 heterocycles. The Morgan fingerprint density at radius 3 is 1.86 bits per heavy atom. The maximum absolute atomic E-state index is 13.7. The summed E-state index contributed by atoms with van der Waals surface area (Å²) in [4.78, 5) is 24.2. The smallest absolute Gasteiger partial charge is 0.338 e. The summed E-state index contributed by atoms with van der Waals surface area (Å²) in [5, 5.41) is 2.03. The average Bonchev–Trinajstić information content (AvgIpc) is 2.72. The molecule has 0 aromatic heterocycles. The van der Waals surface area contributed by atoms with Gasteiger partial charge in [0.05, 0.1) is 5.56 Å². The van der Waals surface area contributed by atoms with Gasteiger partial charge >= 0.3 is 5.97 Å². The zero-order chi connectivity index (χ0) is 21.1. The van der Waals surface area contributed by atoms with Gasteiger partial charge in [0.1, 0.15) is 11.7 Å². The first-order valence-corrected chi connectivity index (χ1v) is 8.93. The lowest BCUT2D eigenvalue weighted by atomic mass is 9.98. The van der Waals surface area contributed by atoms with Crippen LogP contribution in [0.3, 0.4) is 0 Å². The zero-order valence-electron chi connectivity index (χ0n) is 15.0. The molecule has 0 saturated heterocycles. The van der Waals surface area contributed by atoms with Gasteiger partial charge in [0, 0.05) is 5.69 Å². The summed E-state index contributed by atoms with van der Waals surface area (Å²) in [5.41, 5.74) is -1.40. The molecule has 0 bridgehead atoms. The molecule has 9 heteroatoms. The Bertz CT molecular complexity index is 911. The molecule has 1 aliphatic carbocycles. The summed E-state index contributed by atoms with van der Waals surface area (Å²) in [7, 11) is 0. The Kier molecular flexibility index (Phi) is 6.14. The Balaban J connectivity index is 1.71. The Labute approximate surface area is 162 Å². The van der Waals surface area contributed by atoms with Crippen LogP contribution in [0, 0.1) is 29.1 Å². The van der Waals surface area contributed by atoms with E-state index in [9.17, 15) is 31.5 Å². The maximum atomic E-state index is 13.7. The lowest BCUT2D eigenvalue weighted by Crippen LogP contribution is -2.21. The van der Waals surface area contributed by atoms with Crippen LogP contribution in [0.25, 0.3) is 0 Å². The molecule has 1 aliphatic rings. The molecule has 154 valence electrons. The van der Waals surface area contributed by atoms with Crippen molar-refractivity contribution >= 4 is 17.6 Å². The summed E-state index contributed by atoms with van der Waals surface area (Å²) in [6, 6.07) is 5.14. The lowest BCUT2D eigenvalue weighted by Gasteiger charge is -2.21. The first-order chi connectivity index (χ1) is 13.8. The highest BCUT2D eigenvalue weighted by molar-refractivity contribution is 6.05. The minimum absolute atomic E-state index is 0.00634. The highest BCUT2D eigenvalue weighted by Crippen LogP contribution is 2.25. The van der Waals surface area contributed by atoms with Crippen molar-refractivity contribution < 1.29 is 36.3 Å². The Morgan fingerprint density at radius 2 is 1.31 bits per heavy atom. The van der Waals surface area contributed by atoms with Crippen LogP contribution < -0.4 is 5.32 Å². The predicted octanol–water partition coefficient (Wildman–Crippen LogP) is 5.12. The number of halogens is 5. The van der Waals surface area contributed by atoms with Gasteiger partial charge in [0.15, 0.2) is 23.3 Å². The third-order valence-corrected chi connectivity index (χ3v) is 4.64. The molecule has 1 saturated carbocycles. The Hall–Kier alpha value is -2.97. The van der Waals surface area contributed by atoms with Crippen molar-refractivity contribution in [2.75, 3.05) is 5.32 Å². The molecule has 2 aromatic carbocycles. The van der Waals surface area contributed by atoms with E-state index in [1.807, 2.05) is 5.32 Å². The maximum Gasteiger partial charge on any atom is 0.338 e. The van der Waals surface area contributed by atoms with Gasteiger partial charge in [0.25, 0.3) is 5.91 Å². The number of amides is 1. The summed E-state index contributed by atoms with van der Waals surface area (Å²) in [6.45, 7) is 0. The molecule has 1 fully saturated rings. The number of carbonyl (C=O) groups excluding carboxylic acids is 2. The van der Waals surface area contributed by atoms with E-state index in [1.165, 1.54) is 24.3 Å². The number of esters is 1. The second-order valence-electron chi connectivity index (χ2n) is 6.64. The minimum Gasteiger partial charge on any atom is -0.459 e. The monoisotopic (exact) mass is 413 g/mol. The fourth-order valence-corrected chi connectivity index (χ4v) is 3.09. The van der Waals surface area contributed by atoms with Crippen molar-refractivity contribution in [1.29, 1.82) is 0 Å². The second kappa shape index (κ2) is 8.59. The van der Waals surface area contributed by atoms with Crippen LogP contribution in [0.15, 0.2) is 24.3 Å². The second-order valence-corrected chi connectivity index (χ2v) is 6.64. The van der Waals surface area contributed by atoms with Crippen molar-refractivity contribution in [2.45, 2.75) is 38.2 Å². The molecule has 2 aromatic rings. The lowest BCUT2D eigenvalue weighted by molar-refractivity contribution is 0.0211. The van der Waals surface area contributed by atoms with Crippen LogP contribution in [0.4, 0.5) is 27.6 Å². The van der Waals surface area contributed by atoms with Crippen LogP contribution in [-0.4, -0.2) is 18.0 Å². The van der Waals surface area contributed by atoms with Gasteiger partial charge in [-0.2, -0.15) is 0 Å². The number of rotatable bonds is 4.